The minimum absolute atomic E-state index is 0.0137. The van der Waals surface area contributed by atoms with E-state index in [1.165, 1.54) is 0 Å². The van der Waals surface area contributed by atoms with Crippen molar-refractivity contribution in [3.8, 4) is 0 Å². The van der Waals surface area contributed by atoms with Gasteiger partial charge in [0.05, 0.1) is 13.2 Å². The van der Waals surface area contributed by atoms with Crippen LogP contribution in [0.25, 0.3) is 0 Å². The SMILES string of the molecule is NCCCCCOC(O)/C(O)=C(/O)C(CCO)OC1OC(CO)C(O)C(OC(O)/C(O)=C(/O)C(O)CCO)C1O. The zero-order valence-electron chi connectivity index (χ0n) is 21.8. The van der Waals surface area contributed by atoms with E-state index in [1.807, 2.05) is 0 Å². The Hall–Kier alpha value is -1.84. The molecule has 0 saturated carbocycles. The number of aliphatic hydroxyl groups is 12. The summed E-state index contributed by atoms with van der Waals surface area (Å²) in [6.07, 6.45) is -15.9. The Labute approximate surface area is 230 Å². The molecule has 17 heteroatoms. The summed E-state index contributed by atoms with van der Waals surface area (Å²) in [4.78, 5) is 0. The summed E-state index contributed by atoms with van der Waals surface area (Å²) in [5, 5.41) is 119. The molecule has 0 aliphatic carbocycles. The standard InChI is InChI=1S/C23H43NO16/c24-6-2-1-3-9-37-21(35)18(33)15(30)12(5-8-26)38-23-19(34)20(16(31)13(10-27)39-23)40-22(36)17(32)14(29)11(28)4-7-25/h11-13,16,19-23,25-36H,1-10,24H2/b17-14-,18-15-. The van der Waals surface area contributed by atoms with Crippen LogP contribution < -0.4 is 5.73 Å². The number of rotatable bonds is 19. The van der Waals surface area contributed by atoms with E-state index in [0.717, 1.165) is 6.42 Å². The average molecular weight is 590 g/mol. The van der Waals surface area contributed by atoms with Gasteiger partial charge in [0.15, 0.2) is 29.3 Å². The van der Waals surface area contributed by atoms with Crippen molar-refractivity contribution in [3.05, 3.63) is 23.0 Å². The molecule has 0 amide bonds. The molecule has 1 fully saturated rings. The number of hydrogen-bond acceptors (Lipinski definition) is 17. The van der Waals surface area contributed by atoms with E-state index in [1.54, 1.807) is 0 Å². The molecule has 0 aromatic heterocycles. The first kappa shape index (κ1) is 36.2. The van der Waals surface area contributed by atoms with Crippen molar-refractivity contribution in [2.75, 3.05) is 33.0 Å². The number of hydrogen-bond donors (Lipinski definition) is 13. The van der Waals surface area contributed by atoms with Gasteiger partial charge in [-0.2, -0.15) is 0 Å². The lowest BCUT2D eigenvalue weighted by molar-refractivity contribution is -0.330. The van der Waals surface area contributed by atoms with Crippen LogP contribution in [-0.4, -0.2) is 150 Å². The van der Waals surface area contributed by atoms with Gasteiger partial charge in [0.2, 0.25) is 12.6 Å². The third-order valence-corrected chi connectivity index (χ3v) is 5.94. The van der Waals surface area contributed by atoms with Crippen molar-refractivity contribution in [2.24, 2.45) is 5.73 Å². The molecule has 9 unspecified atom stereocenters. The van der Waals surface area contributed by atoms with E-state index in [9.17, 15) is 56.2 Å². The molecule has 0 spiro atoms. The summed E-state index contributed by atoms with van der Waals surface area (Å²) >= 11 is 0. The van der Waals surface area contributed by atoms with E-state index in [0.29, 0.717) is 19.4 Å². The predicted octanol–water partition coefficient (Wildman–Crippen LogP) is -3.24. The highest BCUT2D eigenvalue weighted by Gasteiger charge is 2.48. The molecule has 0 radical (unpaired) electrons. The maximum Gasteiger partial charge on any atom is 0.218 e. The second-order valence-electron chi connectivity index (χ2n) is 8.94. The number of unbranched alkanes of at least 4 members (excludes halogenated alkanes) is 2. The third-order valence-electron chi connectivity index (χ3n) is 5.94. The van der Waals surface area contributed by atoms with Crippen LogP contribution in [0.4, 0.5) is 0 Å². The molecule has 0 bridgehead atoms. The Bertz CT molecular complexity index is 782. The number of aliphatic hydroxyl groups excluding tert-OH is 12. The van der Waals surface area contributed by atoms with Crippen molar-refractivity contribution in [1.82, 2.24) is 0 Å². The van der Waals surface area contributed by atoms with Crippen molar-refractivity contribution in [2.45, 2.75) is 87.6 Å². The number of nitrogens with two attached hydrogens (primary N) is 1. The first-order chi connectivity index (χ1) is 18.9. The van der Waals surface area contributed by atoms with Gasteiger partial charge in [-0.15, -0.1) is 0 Å². The van der Waals surface area contributed by atoms with Gasteiger partial charge in [0.1, 0.15) is 36.6 Å². The molecule has 17 nitrogen and oxygen atoms in total. The summed E-state index contributed by atoms with van der Waals surface area (Å²) in [6.45, 7) is -1.59. The summed E-state index contributed by atoms with van der Waals surface area (Å²) < 4.78 is 20.8. The molecule has 14 N–H and O–H groups in total. The molecule has 0 aromatic carbocycles. The number of ether oxygens (including phenoxy) is 4. The predicted molar refractivity (Wildman–Crippen MR) is 132 cm³/mol. The summed E-state index contributed by atoms with van der Waals surface area (Å²) in [6, 6.07) is 0. The Morgan fingerprint density at radius 2 is 1.38 bits per heavy atom. The van der Waals surface area contributed by atoms with Crippen molar-refractivity contribution >= 4 is 0 Å². The molecule has 0 aromatic rings. The summed E-state index contributed by atoms with van der Waals surface area (Å²) in [7, 11) is 0. The summed E-state index contributed by atoms with van der Waals surface area (Å²) in [5.74, 6) is -4.51. The highest BCUT2D eigenvalue weighted by molar-refractivity contribution is 5.08. The molecule has 1 aliphatic rings. The Balaban J connectivity index is 3.08. The van der Waals surface area contributed by atoms with Gasteiger partial charge in [0.25, 0.3) is 0 Å². The minimum atomic E-state index is -2.43. The highest BCUT2D eigenvalue weighted by atomic mass is 16.7. The minimum Gasteiger partial charge on any atom is -0.506 e. The van der Waals surface area contributed by atoms with Crippen molar-refractivity contribution in [1.29, 1.82) is 0 Å². The van der Waals surface area contributed by atoms with E-state index < -0.39 is 111 Å². The first-order valence-corrected chi connectivity index (χ1v) is 12.7. The van der Waals surface area contributed by atoms with Crippen LogP contribution in [0, 0.1) is 0 Å². The van der Waals surface area contributed by atoms with Gasteiger partial charge in [-0.1, -0.05) is 0 Å². The van der Waals surface area contributed by atoms with Crippen LogP contribution in [-0.2, 0) is 18.9 Å². The zero-order chi connectivity index (χ0) is 30.4. The molecule has 1 rings (SSSR count). The fourth-order valence-corrected chi connectivity index (χ4v) is 3.63. The van der Waals surface area contributed by atoms with E-state index in [2.05, 4.69) is 0 Å². The van der Waals surface area contributed by atoms with Crippen LogP contribution in [0.5, 0.6) is 0 Å². The van der Waals surface area contributed by atoms with E-state index in [4.69, 9.17) is 29.8 Å². The molecule has 40 heavy (non-hydrogen) atoms. The summed E-state index contributed by atoms with van der Waals surface area (Å²) in [5.41, 5.74) is 5.39. The van der Waals surface area contributed by atoms with Crippen molar-refractivity contribution < 1.29 is 80.2 Å². The van der Waals surface area contributed by atoms with Gasteiger partial charge in [-0.05, 0) is 25.8 Å². The van der Waals surface area contributed by atoms with Crippen molar-refractivity contribution in [3.63, 3.8) is 0 Å². The monoisotopic (exact) mass is 589 g/mol. The lowest BCUT2D eigenvalue weighted by atomic mass is 9.98. The molecule has 1 heterocycles. The van der Waals surface area contributed by atoms with E-state index in [-0.39, 0.29) is 6.61 Å². The fraction of sp³-hybridized carbons (Fsp3) is 0.826. The van der Waals surface area contributed by atoms with Gasteiger partial charge in [-0.25, -0.2) is 0 Å². The normalized spacial score (nSPS) is 27.9. The second-order valence-corrected chi connectivity index (χ2v) is 8.94. The molecule has 9 atom stereocenters. The highest BCUT2D eigenvalue weighted by Crippen LogP contribution is 2.29. The van der Waals surface area contributed by atoms with Crippen LogP contribution >= 0.6 is 0 Å². The molecule has 1 saturated heterocycles. The lowest BCUT2D eigenvalue weighted by Crippen LogP contribution is -2.61. The van der Waals surface area contributed by atoms with Gasteiger partial charge in [0, 0.05) is 26.1 Å². The zero-order valence-corrected chi connectivity index (χ0v) is 21.8. The Morgan fingerprint density at radius 3 is 1.95 bits per heavy atom. The smallest absolute Gasteiger partial charge is 0.218 e. The van der Waals surface area contributed by atoms with Gasteiger partial charge < -0.3 is 86.0 Å². The fourth-order valence-electron chi connectivity index (χ4n) is 3.63. The third kappa shape index (κ3) is 10.5. The lowest BCUT2D eigenvalue weighted by Gasteiger charge is -2.43. The maximum absolute atomic E-state index is 10.7. The first-order valence-electron chi connectivity index (χ1n) is 12.7. The van der Waals surface area contributed by atoms with E-state index >= 15 is 0 Å². The quantitative estimate of drug-likeness (QED) is 0.0400. The van der Waals surface area contributed by atoms with Crippen LogP contribution in [0.3, 0.4) is 0 Å². The molecule has 236 valence electrons. The topological polar surface area (TPSA) is 306 Å². The molecular formula is C23H43NO16. The van der Waals surface area contributed by atoms with Crippen LogP contribution in [0.2, 0.25) is 0 Å². The largest absolute Gasteiger partial charge is 0.506 e. The van der Waals surface area contributed by atoms with Gasteiger partial charge in [-0.3, -0.25) is 0 Å². The van der Waals surface area contributed by atoms with Crippen LogP contribution in [0.1, 0.15) is 32.1 Å². The van der Waals surface area contributed by atoms with Gasteiger partial charge >= 0.3 is 0 Å². The molecule has 1 aliphatic heterocycles. The Morgan fingerprint density at radius 1 is 0.750 bits per heavy atom. The van der Waals surface area contributed by atoms with Crippen LogP contribution in [0.15, 0.2) is 23.0 Å². The maximum atomic E-state index is 10.7. The molecular weight excluding hydrogens is 546 g/mol. The average Bonchev–Trinajstić information content (AvgIpc) is 2.94. The Kier molecular flexibility index (Phi) is 16.8. The second kappa shape index (κ2) is 18.6.